The maximum Gasteiger partial charge on any atom is 0.269 e. The third kappa shape index (κ3) is 2.63. The fourth-order valence-corrected chi connectivity index (χ4v) is 1.58. The molecule has 1 heterocycles. The number of benzene rings is 1. The molecule has 92 valence electrons. The van der Waals surface area contributed by atoms with E-state index in [1.165, 1.54) is 12.1 Å². The van der Waals surface area contributed by atoms with E-state index in [2.05, 4.69) is 4.99 Å². The van der Waals surface area contributed by atoms with Gasteiger partial charge in [-0.05, 0) is 32.0 Å². The third-order valence-corrected chi connectivity index (χ3v) is 2.49. The molecule has 2 rings (SSSR count). The van der Waals surface area contributed by atoms with Crippen LogP contribution in [0.15, 0.2) is 39.7 Å². The Labute approximate surface area is 104 Å². The van der Waals surface area contributed by atoms with Crippen LogP contribution in [-0.4, -0.2) is 11.1 Å². The van der Waals surface area contributed by atoms with Gasteiger partial charge in [0.25, 0.3) is 5.69 Å². The molecule has 1 aromatic heterocycles. The summed E-state index contributed by atoms with van der Waals surface area (Å²) in [5.74, 6) is 1.64. The molecule has 0 spiro atoms. The number of non-ortho nitro benzene ring substituents is 1. The molecule has 0 atom stereocenters. The predicted molar refractivity (Wildman–Crippen MR) is 68.5 cm³/mol. The quantitative estimate of drug-likeness (QED) is 0.471. The number of hydrogen-bond donors (Lipinski definition) is 0. The average Bonchev–Trinajstić information content (AvgIpc) is 2.66. The normalized spacial score (nSPS) is 11.0. The minimum Gasteiger partial charge on any atom is -0.466 e. The predicted octanol–water partition coefficient (Wildman–Crippen LogP) is 3.56. The van der Waals surface area contributed by atoms with Gasteiger partial charge in [-0.3, -0.25) is 15.1 Å². The van der Waals surface area contributed by atoms with Crippen molar-refractivity contribution >= 4 is 17.6 Å². The van der Waals surface area contributed by atoms with Gasteiger partial charge in [0, 0.05) is 23.9 Å². The van der Waals surface area contributed by atoms with Crippen LogP contribution >= 0.6 is 0 Å². The first kappa shape index (κ1) is 12.0. The summed E-state index contributed by atoms with van der Waals surface area (Å²) in [6, 6.07) is 7.97. The Morgan fingerprint density at radius 3 is 2.44 bits per heavy atom. The number of nitro groups is 1. The second-order valence-corrected chi connectivity index (χ2v) is 3.90. The molecule has 2 aromatic rings. The summed E-state index contributed by atoms with van der Waals surface area (Å²) in [6.07, 6.45) is 1.69. The zero-order chi connectivity index (χ0) is 13.1. The highest BCUT2D eigenvalue weighted by Gasteiger charge is 2.04. The molecule has 0 aliphatic carbocycles. The highest BCUT2D eigenvalue weighted by Crippen LogP contribution is 2.18. The summed E-state index contributed by atoms with van der Waals surface area (Å²) < 4.78 is 5.37. The summed E-state index contributed by atoms with van der Waals surface area (Å²) in [7, 11) is 0. The lowest BCUT2D eigenvalue weighted by Gasteiger charge is -1.93. The third-order valence-electron chi connectivity index (χ3n) is 2.49. The number of nitrogens with zero attached hydrogens (tertiary/aromatic N) is 2. The number of aliphatic imine (C=N–C) groups is 1. The van der Waals surface area contributed by atoms with E-state index in [1.807, 2.05) is 19.9 Å². The molecule has 0 saturated heterocycles. The number of hydrogen-bond acceptors (Lipinski definition) is 4. The minimum absolute atomic E-state index is 0.0595. The van der Waals surface area contributed by atoms with Gasteiger partial charge < -0.3 is 4.42 Å². The number of rotatable bonds is 3. The van der Waals surface area contributed by atoms with Gasteiger partial charge in [0.1, 0.15) is 11.5 Å². The first-order valence-corrected chi connectivity index (χ1v) is 5.42. The van der Waals surface area contributed by atoms with E-state index in [4.69, 9.17) is 4.42 Å². The number of aryl methyl sites for hydroxylation is 2. The summed E-state index contributed by atoms with van der Waals surface area (Å²) in [5, 5.41) is 10.5. The van der Waals surface area contributed by atoms with Crippen molar-refractivity contribution in [1.29, 1.82) is 0 Å². The monoisotopic (exact) mass is 244 g/mol. The molecule has 0 radical (unpaired) electrons. The molecule has 1 aromatic carbocycles. The van der Waals surface area contributed by atoms with Gasteiger partial charge in [-0.2, -0.15) is 0 Å². The van der Waals surface area contributed by atoms with Gasteiger partial charge >= 0.3 is 0 Å². The summed E-state index contributed by atoms with van der Waals surface area (Å²) in [4.78, 5) is 14.3. The van der Waals surface area contributed by atoms with Gasteiger partial charge in [0.05, 0.1) is 10.6 Å². The van der Waals surface area contributed by atoms with Gasteiger partial charge in [-0.25, -0.2) is 0 Å². The molecular weight excluding hydrogens is 232 g/mol. The summed E-state index contributed by atoms with van der Waals surface area (Å²) in [5.41, 5.74) is 1.63. The van der Waals surface area contributed by atoms with Crippen LogP contribution < -0.4 is 0 Å². The van der Waals surface area contributed by atoms with Crippen molar-refractivity contribution in [1.82, 2.24) is 0 Å². The molecule has 0 aliphatic rings. The fraction of sp³-hybridized carbons (Fsp3) is 0.154. The molecule has 0 amide bonds. The Morgan fingerprint density at radius 1 is 1.28 bits per heavy atom. The second kappa shape index (κ2) is 4.83. The lowest BCUT2D eigenvalue weighted by Crippen LogP contribution is -1.85. The Hall–Kier alpha value is -2.43. The topological polar surface area (TPSA) is 68.6 Å². The standard InChI is InChI=1S/C13H12N2O3/c1-9-7-11(10(2)18-9)8-14-12-3-5-13(6-4-12)15(16)17/h3-8H,1-2H3. The molecule has 0 saturated carbocycles. The summed E-state index contributed by atoms with van der Waals surface area (Å²) in [6.45, 7) is 3.74. The van der Waals surface area contributed by atoms with Crippen LogP contribution in [0.1, 0.15) is 17.1 Å². The fourth-order valence-electron chi connectivity index (χ4n) is 1.58. The van der Waals surface area contributed by atoms with E-state index in [0.717, 1.165) is 17.1 Å². The molecule has 0 fully saturated rings. The molecule has 0 bridgehead atoms. The van der Waals surface area contributed by atoms with Crippen LogP contribution in [0.5, 0.6) is 0 Å². The van der Waals surface area contributed by atoms with Crippen LogP contribution in [-0.2, 0) is 0 Å². The van der Waals surface area contributed by atoms with E-state index >= 15 is 0 Å². The molecule has 0 unspecified atom stereocenters. The first-order valence-electron chi connectivity index (χ1n) is 5.42. The van der Waals surface area contributed by atoms with Crippen molar-refractivity contribution in [3.05, 3.63) is 57.5 Å². The van der Waals surface area contributed by atoms with E-state index < -0.39 is 4.92 Å². The molecular formula is C13H12N2O3. The smallest absolute Gasteiger partial charge is 0.269 e. The second-order valence-electron chi connectivity index (χ2n) is 3.90. The van der Waals surface area contributed by atoms with Crippen LogP contribution in [0.4, 0.5) is 11.4 Å². The largest absolute Gasteiger partial charge is 0.466 e. The summed E-state index contributed by atoms with van der Waals surface area (Å²) >= 11 is 0. The molecule has 0 N–H and O–H groups in total. The van der Waals surface area contributed by atoms with E-state index in [9.17, 15) is 10.1 Å². The molecule has 18 heavy (non-hydrogen) atoms. The van der Waals surface area contributed by atoms with Crippen molar-refractivity contribution in [2.24, 2.45) is 4.99 Å². The van der Waals surface area contributed by atoms with Gasteiger partial charge in [-0.1, -0.05) is 0 Å². The minimum atomic E-state index is -0.433. The van der Waals surface area contributed by atoms with Gasteiger partial charge in [0.15, 0.2) is 0 Å². The molecule has 5 nitrogen and oxygen atoms in total. The van der Waals surface area contributed by atoms with Crippen molar-refractivity contribution in [2.75, 3.05) is 0 Å². The Balaban J connectivity index is 2.18. The highest BCUT2D eigenvalue weighted by atomic mass is 16.6. The van der Waals surface area contributed by atoms with Crippen LogP contribution in [0, 0.1) is 24.0 Å². The van der Waals surface area contributed by atoms with Crippen LogP contribution in [0.2, 0.25) is 0 Å². The van der Waals surface area contributed by atoms with E-state index in [1.54, 1.807) is 18.3 Å². The Bertz CT molecular complexity index is 597. The average molecular weight is 244 g/mol. The van der Waals surface area contributed by atoms with Crippen molar-refractivity contribution in [3.8, 4) is 0 Å². The number of furan rings is 1. The molecule has 5 heteroatoms. The van der Waals surface area contributed by atoms with E-state index in [-0.39, 0.29) is 5.69 Å². The Morgan fingerprint density at radius 2 is 1.94 bits per heavy atom. The first-order chi connectivity index (χ1) is 8.56. The molecule has 0 aliphatic heterocycles. The van der Waals surface area contributed by atoms with Crippen molar-refractivity contribution < 1.29 is 9.34 Å². The lowest BCUT2D eigenvalue weighted by molar-refractivity contribution is -0.384. The van der Waals surface area contributed by atoms with Crippen molar-refractivity contribution in [2.45, 2.75) is 13.8 Å². The maximum atomic E-state index is 10.5. The lowest BCUT2D eigenvalue weighted by atomic mass is 10.2. The SMILES string of the molecule is Cc1cc(C=Nc2ccc([N+](=O)[O-])cc2)c(C)o1. The zero-order valence-corrected chi connectivity index (χ0v) is 10.1. The van der Waals surface area contributed by atoms with Crippen LogP contribution in [0.3, 0.4) is 0 Å². The van der Waals surface area contributed by atoms with Crippen LogP contribution in [0.25, 0.3) is 0 Å². The Kier molecular flexibility index (Phi) is 3.23. The van der Waals surface area contributed by atoms with Gasteiger partial charge in [0.2, 0.25) is 0 Å². The van der Waals surface area contributed by atoms with Gasteiger partial charge in [-0.15, -0.1) is 0 Å². The maximum absolute atomic E-state index is 10.5. The number of nitro benzene ring substituents is 1. The highest BCUT2D eigenvalue weighted by molar-refractivity contribution is 5.83. The van der Waals surface area contributed by atoms with E-state index in [0.29, 0.717) is 5.69 Å². The zero-order valence-electron chi connectivity index (χ0n) is 10.1. The van der Waals surface area contributed by atoms with Crippen molar-refractivity contribution in [3.63, 3.8) is 0 Å².